The van der Waals surface area contributed by atoms with Gasteiger partial charge in [-0.15, -0.1) is 11.3 Å². The number of hydrogen-bond donors (Lipinski definition) is 0. The Labute approximate surface area is 114 Å². The van der Waals surface area contributed by atoms with E-state index in [1.54, 1.807) is 12.1 Å². The highest BCUT2D eigenvalue weighted by atomic mass is 35.5. The highest BCUT2D eigenvalue weighted by Crippen LogP contribution is 2.23. The van der Waals surface area contributed by atoms with Crippen LogP contribution < -0.4 is 0 Å². The van der Waals surface area contributed by atoms with Gasteiger partial charge in [-0.25, -0.2) is 4.39 Å². The molecule has 4 heteroatoms. The third-order valence-corrected chi connectivity index (χ3v) is 4.31. The Bertz CT molecular complexity index is 557. The second-order valence-electron chi connectivity index (χ2n) is 3.92. The first-order valence-corrected chi connectivity index (χ1v) is 6.86. The molecule has 0 atom stereocenters. The van der Waals surface area contributed by atoms with E-state index in [0.29, 0.717) is 9.90 Å². The molecule has 0 bridgehead atoms. The van der Waals surface area contributed by atoms with E-state index in [4.69, 9.17) is 11.6 Å². The molecule has 18 heavy (non-hydrogen) atoms. The van der Waals surface area contributed by atoms with Crippen LogP contribution in [0.1, 0.15) is 27.0 Å². The molecule has 0 aliphatic carbocycles. The minimum absolute atomic E-state index is 0.00910. The molecule has 1 aromatic heterocycles. The van der Waals surface area contributed by atoms with Crippen LogP contribution in [0.25, 0.3) is 0 Å². The van der Waals surface area contributed by atoms with Gasteiger partial charge in [0.2, 0.25) is 0 Å². The van der Waals surface area contributed by atoms with Crippen molar-refractivity contribution in [2.75, 3.05) is 0 Å². The molecule has 0 spiro atoms. The maximum absolute atomic E-state index is 13.6. The van der Waals surface area contributed by atoms with Crippen LogP contribution in [0, 0.1) is 5.82 Å². The van der Waals surface area contributed by atoms with Crippen LogP contribution in [-0.2, 0) is 12.8 Å². The normalized spacial score (nSPS) is 10.6. The molecule has 0 aliphatic heterocycles. The molecule has 2 aromatic rings. The Hall–Kier alpha value is -1.19. The first-order chi connectivity index (χ1) is 8.61. The van der Waals surface area contributed by atoms with Gasteiger partial charge in [-0.05, 0) is 30.7 Å². The zero-order valence-electron chi connectivity index (χ0n) is 9.87. The predicted molar refractivity (Wildman–Crippen MR) is 73.1 cm³/mol. The first kappa shape index (κ1) is 13.2. The summed E-state index contributed by atoms with van der Waals surface area (Å²) < 4.78 is 13.6. The second-order valence-corrected chi connectivity index (χ2v) is 5.50. The third kappa shape index (κ3) is 2.79. The molecular weight excluding hydrogens is 271 g/mol. The van der Waals surface area contributed by atoms with Gasteiger partial charge in [-0.2, -0.15) is 0 Å². The molecule has 94 valence electrons. The van der Waals surface area contributed by atoms with Gasteiger partial charge in [-0.1, -0.05) is 24.6 Å². The van der Waals surface area contributed by atoms with Crippen molar-refractivity contribution in [1.82, 2.24) is 0 Å². The molecular formula is C14H12ClFOS. The number of hydrogen-bond acceptors (Lipinski definition) is 2. The lowest BCUT2D eigenvalue weighted by Crippen LogP contribution is -2.04. The molecule has 0 saturated heterocycles. The lowest BCUT2D eigenvalue weighted by Gasteiger charge is -2.03. The van der Waals surface area contributed by atoms with Crippen molar-refractivity contribution in [3.63, 3.8) is 0 Å². The number of carbonyl (C=O) groups excluding carboxylic acids is 1. The Morgan fingerprint density at radius 3 is 2.72 bits per heavy atom. The van der Waals surface area contributed by atoms with E-state index in [-0.39, 0.29) is 17.8 Å². The maximum Gasteiger partial charge on any atom is 0.177 e. The summed E-state index contributed by atoms with van der Waals surface area (Å²) in [6.45, 7) is 2.04. The van der Waals surface area contributed by atoms with Crippen LogP contribution in [0.2, 0.25) is 5.02 Å². The Morgan fingerprint density at radius 2 is 2.11 bits per heavy atom. The van der Waals surface area contributed by atoms with E-state index < -0.39 is 5.82 Å². The van der Waals surface area contributed by atoms with Gasteiger partial charge in [0.15, 0.2) is 5.78 Å². The van der Waals surface area contributed by atoms with Crippen molar-refractivity contribution in [1.29, 1.82) is 0 Å². The Morgan fingerprint density at radius 1 is 1.33 bits per heavy atom. The van der Waals surface area contributed by atoms with Crippen molar-refractivity contribution in [2.45, 2.75) is 19.8 Å². The predicted octanol–water partition coefficient (Wildman–Crippen LogP) is 4.53. The van der Waals surface area contributed by atoms with E-state index in [1.165, 1.54) is 23.5 Å². The summed E-state index contributed by atoms with van der Waals surface area (Å²) in [5, 5.41) is 0.302. The number of Topliss-reactive ketones (excluding diaryl/α,β-unsaturated/α-hetero) is 1. The van der Waals surface area contributed by atoms with Crippen LogP contribution in [0.5, 0.6) is 0 Å². The monoisotopic (exact) mass is 282 g/mol. The molecule has 1 nitrogen and oxygen atoms in total. The molecule has 2 rings (SSSR count). The van der Waals surface area contributed by atoms with Gasteiger partial charge in [0, 0.05) is 21.9 Å². The number of thiophene rings is 1. The average molecular weight is 283 g/mol. The molecule has 0 unspecified atom stereocenters. The summed E-state index contributed by atoms with van der Waals surface area (Å²) in [6, 6.07) is 8.17. The van der Waals surface area contributed by atoms with Crippen molar-refractivity contribution >= 4 is 28.7 Å². The van der Waals surface area contributed by atoms with Crippen molar-refractivity contribution in [2.24, 2.45) is 0 Å². The third-order valence-electron chi connectivity index (χ3n) is 2.68. The summed E-state index contributed by atoms with van der Waals surface area (Å²) in [5.41, 5.74) is 0.274. The molecule has 0 radical (unpaired) electrons. The molecule has 0 aliphatic rings. The number of ketones is 1. The largest absolute Gasteiger partial charge is 0.293 e. The Balaban J connectivity index is 2.21. The van der Waals surface area contributed by atoms with E-state index in [2.05, 4.69) is 0 Å². The molecule has 1 heterocycles. The fraction of sp³-hybridized carbons (Fsp3) is 0.214. The highest BCUT2D eigenvalue weighted by molar-refractivity contribution is 7.14. The summed E-state index contributed by atoms with van der Waals surface area (Å²) in [5.74, 6) is -0.519. The quantitative estimate of drug-likeness (QED) is 0.753. The first-order valence-electron chi connectivity index (χ1n) is 5.66. The number of benzene rings is 1. The lowest BCUT2D eigenvalue weighted by molar-refractivity contribution is 0.0995. The molecule has 0 saturated carbocycles. The maximum atomic E-state index is 13.6. The fourth-order valence-corrected chi connectivity index (χ4v) is 2.78. The summed E-state index contributed by atoms with van der Waals surface area (Å²) in [4.78, 5) is 13.8. The zero-order valence-corrected chi connectivity index (χ0v) is 11.4. The van der Waals surface area contributed by atoms with Gasteiger partial charge >= 0.3 is 0 Å². The summed E-state index contributed by atoms with van der Waals surface area (Å²) >= 11 is 7.36. The fourth-order valence-electron chi connectivity index (χ4n) is 1.67. The number of aryl methyl sites for hydroxylation is 1. The SMILES string of the molecule is CCc1ccc(C(=O)Cc2c(F)cccc2Cl)s1. The van der Waals surface area contributed by atoms with Gasteiger partial charge in [0.25, 0.3) is 0 Å². The smallest absolute Gasteiger partial charge is 0.177 e. The van der Waals surface area contributed by atoms with Gasteiger partial charge in [0.1, 0.15) is 5.82 Å². The van der Waals surface area contributed by atoms with Crippen LogP contribution in [-0.4, -0.2) is 5.78 Å². The lowest BCUT2D eigenvalue weighted by atomic mass is 10.1. The number of carbonyl (C=O) groups is 1. The standard InChI is InChI=1S/C14H12ClFOS/c1-2-9-6-7-14(18-9)13(17)8-10-11(15)4-3-5-12(10)16/h3-7H,2,8H2,1H3. The van der Waals surface area contributed by atoms with Crippen LogP contribution >= 0.6 is 22.9 Å². The number of rotatable bonds is 4. The van der Waals surface area contributed by atoms with Gasteiger partial charge in [-0.3, -0.25) is 4.79 Å². The molecule has 0 amide bonds. The van der Waals surface area contributed by atoms with Crippen LogP contribution in [0.4, 0.5) is 4.39 Å². The average Bonchev–Trinajstić information content (AvgIpc) is 2.82. The van der Waals surface area contributed by atoms with E-state index >= 15 is 0 Å². The number of halogens is 2. The zero-order chi connectivity index (χ0) is 13.1. The van der Waals surface area contributed by atoms with E-state index in [9.17, 15) is 9.18 Å². The van der Waals surface area contributed by atoms with Crippen molar-refractivity contribution in [3.05, 3.63) is 56.5 Å². The van der Waals surface area contributed by atoms with E-state index in [0.717, 1.165) is 11.3 Å². The van der Waals surface area contributed by atoms with Crippen LogP contribution in [0.15, 0.2) is 30.3 Å². The van der Waals surface area contributed by atoms with Gasteiger partial charge in [0.05, 0.1) is 4.88 Å². The minimum atomic E-state index is -0.428. The van der Waals surface area contributed by atoms with Crippen molar-refractivity contribution in [3.8, 4) is 0 Å². The topological polar surface area (TPSA) is 17.1 Å². The van der Waals surface area contributed by atoms with Crippen LogP contribution in [0.3, 0.4) is 0 Å². The molecule has 0 fully saturated rings. The van der Waals surface area contributed by atoms with E-state index in [1.807, 2.05) is 13.0 Å². The summed E-state index contributed by atoms with van der Waals surface area (Å²) in [6.07, 6.45) is 0.910. The highest BCUT2D eigenvalue weighted by Gasteiger charge is 2.14. The van der Waals surface area contributed by atoms with Crippen molar-refractivity contribution < 1.29 is 9.18 Å². The summed E-state index contributed by atoms with van der Waals surface area (Å²) in [7, 11) is 0. The second kappa shape index (κ2) is 5.63. The van der Waals surface area contributed by atoms with Gasteiger partial charge < -0.3 is 0 Å². The minimum Gasteiger partial charge on any atom is -0.293 e. The molecule has 0 N–H and O–H groups in total. The molecule has 1 aromatic carbocycles. The Kier molecular flexibility index (Phi) is 4.15.